The Morgan fingerprint density at radius 1 is 1.35 bits per heavy atom. The van der Waals surface area contributed by atoms with Gasteiger partial charge in [-0.3, -0.25) is 4.79 Å². The summed E-state index contributed by atoms with van der Waals surface area (Å²) in [6.07, 6.45) is -4.65. The number of anilines is 2. The maximum absolute atomic E-state index is 12.8. The van der Waals surface area contributed by atoms with E-state index in [2.05, 4.69) is 15.5 Å². The van der Waals surface area contributed by atoms with Crippen molar-refractivity contribution < 1.29 is 18.0 Å². The zero-order valence-corrected chi connectivity index (χ0v) is 11.1. The third-order valence-electron chi connectivity index (χ3n) is 2.17. The molecule has 1 aromatic heterocycles. The molecule has 5 nitrogen and oxygen atoms in total. The lowest BCUT2D eigenvalue weighted by Gasteiger charge is -2.13. The van der Waals surface area contributed by atoms with Gasteiger partial charge in [0.2, 0.25) is 10.1 Å². The maximum Gasteiger partial charge on any atom is 0.418 e. The Labute approximate surface area is 119 Å². The van der Waals surface area contributed by atoms with Crippen molar-refractivity contribution in [3.05, 3.63) is 33.8 Å². The smallest absolute Gasteiger partial charge is 0.374 e. The van der Waals surface area contributed by atoms with Crippen molar-refractivity contribution in [3.63, 3.8) is 0 Å². The number of benzene rings is 1. The number of nitrogens with zero attached hydrogens (tertiary/aromatic N) is 2. The van der Waals surface area contributed by atoms with Crippen molar-refractivity contribution in [3.8, 4) is 0 Å². The molecule has 0 aliphatic carbocycles. The third kappa shape index (κ3) is 3.17. The maximum atomic E-state index is 12.8. The molecule has 1 heterocycles. The summed E-state index contributed by atoms with van der Waals surface area (Å²) in [7, 11) is 0. The molecule has 0 saturated heterocycles. The Morgan fingerprint density at radius 2 is 2.05 bits per heavy atom. The third-order valence-corrected chi connectivity index (χ3v) is 3.16. The van der Waals surface area contributed by atoms with E-state index in [9.17, 15) is 18.0 Å². The average molecular weight is 323 g/mol. The van der Waals surface area contributed by atoms with Gasteiger partial charge in [0.15, 0.2) is 0 Å². The van der Waals surface area contributed by atoms with E-state index in [4.69, 9.17) is 17.3 Å². The lowest BCUT2D eigenvalue weighted by atomic mass is 10.1. The number of amides is 1. The quantitative estimate of drug-likeness (QED) is 0.890. The zero-order chi connectivity index (χ0) is 14.9. The summed E-state index contributed by atoms with van der Waals surface area (Å²) in [5, 5.41) is 8.78. The summed E-state index contributed by atoms with van der Waals surface area (Å²) in [6, 6.07) is 3.03. The Morgan fingerprint density at radius 3 is 2.60 bits per heavy atom. The minimum atomic E-state index is -4.65. The second kappa shape index (κ2) is 5.25. The van der Waals surface area contributed by atoms with Crippen LogP contribution in [-0.4, -0.2) is 16.1 Å². The highest BCUT2D eigenvalue weighted by molar-refractivity contribution is 7.16. The number of rotatable bonds is 2. The number of aromatic nitrogens is 2. The van der Waals surface area contributed by atoms with Crippen molar-refractivity contribution in [2.75, 3.05) is 11.1 Å². The van der Waals surface area contributed by atoms with E-state index in [0.29, 0.717) is 0 Å². The van der Waals surface area contributed by atoms with Crippen molar-refractivity contribution in [1.82, 2.24) is 10.2 Å². The predicted octanol–water partition coefficient (Wildman–Crippen LogP) is 3.04. The summed E-state index contributed by atoms with van der Waals surface area (Å²) in [5.74, 6) is -0.827. The number of nitrogens with one attached hydrogen (secondary N) is 1. The highest BCUT2D eigenvalue weighted by atomic mass is 35.5. The molecule has 106 valence electrons. The molecular formula is C10H6ClF3N4OS. The Kier molecular flexibility index (Phi) is 3.82. The molecule has 0 fully saturated rings. The molecule has 0 radical (unpaired) electrons. The van der Waals surface area contributed by atoms with Gasteiger partial charge in [-0.15, -0.1) is 10.2 Å². The van der Waals surface area contributed by atoms with Crippen LogP contribution in [0.3, 0.4) is 0 Å². The first-order valence-corrected chi connectivity index (χ1v) is 6.24. The predicted molar refractivity (Wildman–Crippen MR) is 68.7 cm³/mol. The minimum absolute atomic E-state index is 0.0438. The van der Waals surface area contributed by atoms with E-state index >= 15 is 0 Å². The van der Waals surface area contributed by atoms with Crippen molar-refractivity contribution in [2.24, 2.45) is 0 Å². The summed E-state index contributed by atoms with van der Waals surface area (Å²) in [6.45, 7) is 0. The van der Waals surface area contributed by atoms with Crippen LogP contribution in [0.2, 0.25) is 5.02 Å². The summed E-state index contributed by atoms with van der Waals surface area (Å²) >= 11 is 6.30. The Balaban J connectivity index is 2.32. The summed E-state index contributed by atoms with van der Waals surface area (Å²) < 4.78 is 38.5. The fourth-order valence-corrected chi connectivity index (χ4v) is 2.04. The van der Waals surface area contributed by atoms with Gasteiger partial charge in [0.25, 0.3) is 5.91 Å². The lowest BCUT2D eigenvalue weighted by Crippen LogP contribution is -2.16. The standard InChI is InChI=1S/C10H6ClF3N4OS/c11-4-1-2-6(5(3-4)10(12,13)14)16-7(19)8-17-18-9(15)20-8/h1-3H,(H2,15,18)(H,16,19). The molecule has 0 saturated carbocycles. The van der Waals surface area contributed by atoms with E-state index in [1.54, 1.807) is 0 Å². The molecule has 2 rings (SSSR count). The monoisotopic (exact) mass is 322 g/mol. The topological polar surface area (TPSA) is 80.9 Å². The number of alkyl halides is 3. The van der Waals surface area contributed by atoms with E-state index in [1.807, 2.05) is 0 Å². The van der Waals surface area contributed by atoms with Crippen molar-refractivity contribution >= 4 is 39.7 Å². The minimum Gasteiger partial charge on any atom is -0.374 e. The van der Waals surface area contributed by atoms with Gasteiger partial charge in [0.05, 0.1) is 11.3 Å². The molecule has 0 unspecified atom stereocenters. The lowest BCUT2D eigenvalue weighted by molar-refractivity contribution is -0.136. The van der Waals surface area contributed by atoms with Gasteiger partial charge in [-0.1, -0.05) is 22.9 Å². The van der Waals surface area contributed by atoms with Gasteiger partial charge >= 0.3 is 6.18 Å². The molecule has 2 aromatic rings. The number of hydrogen-bond donors (Lipinski definition) is 2. The van der Waals surface area contributed by atoms with Crippen LogP contribution in [0.4, 0.5) is 24.0 Å². The van der Waals surface area contributed by atoms with Gasteiger partial charge in [0, 0.05) is 5.02 Å². The Hall–Kier alpha value is -1.87. The van der Waals surface area contributed by atoms with Gasteiger partial charge in [-0.05, 0) is 18.2 Å². The van der Waals surface area contributed by atoms with E-state index < -0.39 is 23.3 Å². The number of nitrogen functional groups attached to an aromatic ring is 1. The number of hydrogen-bond acceptors (Lipinski definition) is 5. The van der Waals surface area contributed by atoms with Crippen LogP contribution in [0.5, 0.6) is 0 Å². The molecule has 0 bridgehead atoms. The van der Waals surface area contributed by atoms with Crippen LogP contribution in [-0.2, 0) is 6.18 Å². The summed E-state index contributed by atoms with van der Waals surface area (Å²) in [5.41, 5.74) is 3.83. The Bertz CT molecular complexity index is 658. The fraction of sp³-hybridized carbons (Fsp3) is 0.100. The molecule has 0 atom stereocenters. The van der Waals surface area contributed by atoms with Gasteiger partial charge < -0.3 is 11.1 Å². The largest absolute Gasteiger partial charge is 0.418 e. The van der Waals surface area contributed by atoms with Crippen molar-refractivity contribution in [1.29, 1.82) is 0 Å². The fourth-order valence-electron chi connectivity index (χ4n) is 1.36. The second-order valence-corrected chi connectivity index (χ2v) is 5.03. The summed E-state index contributed by atoms with van der Waals surface area (Å²) in [4.78, 5) is 11.7. The van der Waals surface area contributed by atoms with Crippen LogP contribution in [0.15, 0.2) is 18.2 Å². The highest BCUT2D eigenvalue weighted by Crippen LogP contribution is 2.36. The highest BCUT2D eigenvalue weighted by Gasteiger charge is 2.34. The zero-order valence-electron chi connectivity index (χ0n) is 9.53. The first-order valence-electron chi connectivity index (χ1n) is 5.04. The molecule has 0 spiro atoms. The van der Waals surface area contributed by atoms with E-state index in [-0.39, 0.29) is 15.2 Å². The van der Waals surface area contributed by atoms with Crippen LogP contribution in [0.25, 0.3) is 0 Å². The van der Waals surface area contributed by atoms with Crippen molar-refractivity contribution in [2.45, 2.75) is 6.18 Å². The first kappa shape index (κ1) is 14.5. The molecule has 0 aliphatic heterocycles. The van der Waals surface area contributed by atoms with Crippen LogP contribution in [0.1, 0.15) is 15.4 Å². The van der Waals surface area contributed by atoms with Crippen LogP contribution in [0, 0.1) is 0 Å². The SMILES string of the molecule is Nc1nnc(C(=O)Nc2ccc(Cl)cc2C(F)(F)F)s1. The molecule has 1 amide bonds. The molecular weight excluding hydrogens is 317 g/mol. The first-order chi connectivity index (χ1) is 9.27. The second-order valence-electron chi connectivity index (χ2n) is 3.59. The molecule has 10 heteroatoms. The van der Waals surface area contributed by atoms with Gasteiger partial charge in [-0.25, -0.2) is 0 Å². The van der Waals surface area contributed by atoms with E-state index in [1.165, 1.54) is 6.07 Å². The molecule has 3 N–H and O–H groups in total. The normalized spacial score (nSPS) is 11.4. The number of nitrogens with two attached hydrogens (primary N) is 1. The van der Waals surface area contributed by atoms with Crippen LogP contribution < -0.4 is 11.1 Å². The average Bonchev–Trinajstić information content (AvgIpc) is 2.77. The number of halogens is 4. The molecule has 0 aliphatic rings. The van der Waals surface area contributed by atoms with E-state index in [0.717, 1.165) is 23.5 Å². The van der Waals surface area contributed by atoms with Gasteiger partial charge in [0.1, 0.15) is 0 Å². The molecule has 1 aromatic carbocycles. The number of carbonyl (C=O) groups is 1. The van der Waals surface area contributed by atoms with Crippen LogP contribution >= 0.6 is 22.9 Å². The molecule has 20 heavy (non-hydrogen) atoms. The van der Waals surface area contributed by atoms with Gasteiger partial charge in [-0.2, -0.15) is 13.2 Å². The number of carbonyl (C=O) groups excluding carboxylic acids is 1.